The van der Waals surface area contributed by atoms with Crippen molar-refractivity contribution >= 4 is 17.5 Å². The monoisotopic (exact) mass is 381 g/mol. The van der Waals surface area contributed by atoms with Gasteiger partial charge in [-0.3, -0.25) is 14.3 Å². The fourth-order valence-corrected chi connectivity index (χ4v) is 4.48. The highest BCUT2D eigenvalue weighted by Crippen LogP contribution is 2.31. The summed E-state index contributed by atoms with van der Waals surface area (Å²) in [5, 5.41) is 7.60. The minimum atomic E-state index is -0.382. The third kappa shape index (κ3) is 3.30. The number of nitrogens with zero attached hydrogens (tertiary/aromatic N) is 4. The molecule has 1 unspecified atom stereocenters. The zero-order chi connectivity index (χ0) is 19.7. The highest BCUT2D eigenvalue weighted by atomic mass is 16.2. The average Bonchev–Trinajstić information content (AvgIpc) is 3.43. The molecule has 4 rings (SSSR count). The number of carbonyl (C=O) groups excluding carboxylic acids is 2. The Hall–Kier alpha value is -2.67. The standard InChI is InChI=1S/C21H27N5O2/c1-3-25(19-9-10-26(21(19)28)16-7-5-4-6-8-16)20(27)18-13-22-12-17(18)15-11-23-24(2)14-15/h4-8,11,14,17-19,22H,3,9-10,12-13H2,1-2H3/t17-,18+,19?/m1/s1. The van der Waals surface area contributed by atoms with E-state index in [0.717, 1.165) is 17.8 Å². The van der Waals surface area contributed by atoms with Gasteiger partial charge < -0.3 is 15.1 Å². The molecule has 1 aromatic carbocycles. The first-order valence-electron chi connectivity index (χ1n) is 9.96. The number of aryl methyl sites for hydroxylation is 1. The van der Waals surface area contributed by atoms with Gasteiger partial charge >= 0.3 is 0 Å². The number of anilines is 1. The Morgan fingerprint density at radius 1 is 1.29 bits per heavy atom. The van der Waals surface area contributed by atoms with Crippen molar-refractivity contribution in [1.29, 1.82) is 0 Å². The number of aromatic nitrogens is 2. The van der Waals surface area contributed by atoms with Crippen LogP contribution in [0.15, 0.2) is 42.7 Å². The van der Waals surface area contributed by atoms with Crippen molar-refractivity contribution in [2.75, 3.05) is 31.1 Å². The molecule has 0 radical (unpaired) electrons. The van der Waals surface area contributed by atoms with E-state index in [2.05, 4.69) is 10.4 Å². The van der Waals surface area contributed by atoms with E-state index in [-0.39, 0.29) is 29.7 Å². The fraction of sp³-hybridized carbons (Fsp3) is 0.476. The number of nitrogens with one attached hydrogen (secondary N) is 1. The molecule has 2 aromatic rings. The SMILES string of the molecule is CCN(C(=O)[C@H]1CNC[C@@H]1c1cnn(C)c1)C1CCN(c2ccccc2)C1=O. The Labute approximate surface area is 165 Å². The highest BCUT2D eigenvalue weighted by molar-refractivity contribution is 6.01. The van der Waals surface area contributed by atoms with Gasteiger partial charge in [0, 0.05) is 51.0 Å². The van der Waals surface area contributed by atoms with Crippen molar-refractivity contribution in [3.63, 3.8) is 0 Å². The summed E-state index contributed by atoms with van der Waals surface area (Å²) in [5.41, 5.74) is 1.97. The first-order chi connectivity index (χ1) is 13.6. The van der Waals surface area contributed by atoms with E-state index in [4.69, 9.17) is 0 Å². The molecule has 0 aliphatic carbocycles. The number of hydrogen-bond acceptors (Lipinski definition) is 4. The van der Waals surface area contributed by atoms with Crippen LogP contribution in [0.2, 0.25) is 0 Å². The lowest BCUT2D eigenvalue weighted by atomic mass is 9.89. The zero-order valence-electron chi connectivity index (χ0n) is 16.4. The normalized spacial score (nSPS) is 24.7. The molecular weight excluding hydrogens is 354 g/mol. The highest BCUT2D eigenvalue weighted by Gasteiger charge is 2.43. The first-order valence-corrected chi connectivity index (χ1v) is 9.96. The molecule has 2 saturated heterocycles. The summed E-state index contributed by atoms with van der Waals surface area (Å²) in [4.78, 5) is 30.1. The molecule has 3 atom stereocenters. The van der Waals surface area contributed by atoms with Crippen molar-refractivity contribution in [2.24, 2.45) is 13.0 Å². The maximum atomic E-state index is 13.4. The van der Waals surface area contributed by atoms with Crippen LogP contribution in [0.4, 0.5) is 5.69 Å². The number of para-hydroxylation sites is 1. The summed E-state index contributed by atoms with van der Waals surface area (Å²) in [7, 11) is 1.89. The van der Waals surface area contributed by atoms with E-state index in [1.807, 2.05) is 56.7 Å². The molecule has 1 N–H and O–H groups in total. The largest absolute Gasteiger partial charge is 0.331 e. The molecule has 2 aliphatic rings. The van der Waals surface area contributed by atoms with Crippen LogP contribution in [0.3, 0.4) is 0 Å². The van der Waals surface area contributed by atoms with Gasteiger partial charge in [0.25, 0.3) is 0 Å². The first kappa shape index (κ1) is 18.7. The van der Waals surface area contributed by atoms with Crippen LogP contribution in [0.1, 0.15) is 24.8 Å². The van der Waals surface area contributed by atoms with Crippen LogP contribution in [-0.4, -0.2) is 58.7 Å². The van der Waals surface area contributed by atoms with E-state index < -0.39 is 0 Å². The third-order valence-electron chi connectivity index (χ3n) is 5.93. The summed E-state index contributed by atoms with van der Waals surface area (Å²) >= 11 is 0. The van der Waals surface area contributed by atoms with Gasteiger partial charge in [0.15, 0.2) is 0 Å². The Balaban J connectivity index is 1.52. The molecule has 2 fully saturated rings. The van der Waals surface area contributed by atoms with Crippen LogP contribution in [-0.2, 0) is 16.6 Å². The van der Waals surface area contributed by atoms with Crippen molar-refractivity contribution < 1.29 is 9.59 Å². The van der Waals surface area contributed by atoms with Crippen LogP contribution < -0.4 is 10.2 Å². The second-order valence-electron chi connectivity index (χ2n) is 7.57. The Morgan fingerprint density at radius 2 is 2.07 bits per heavy atom. The number of amides is 2. The number of likely N-dealkylation sites (N-methyl/N-ethyl adjacent to an activating group) is 1. The molecule has 2 amide bonds. The Bertz CT molecular complexity index is 849. The predicted octanol–water partition coefficient (Wildman–Crippen LogP) is 1.38. The molecule has 7 nitrogen and oxygen atoms in total. The minimum Gasteiger partial charge on any atom is -0.331 e. The van der Waals surface area contributed by atoms with Gasteiger partial charge in [-0.25, -0.2) is 0 Å². The molecule has 2 aliphatic heterocycles. The smallest absolute Gasteiger partial charge is 0.249 e. The molecule has 3 heterocycles. The van der Waals surface area contributed by atoms with Gasteiger partial charge in [0.05, 0.1) is 12.1 Å². The van der Waals surface area contributed by atoms with Gasteiger partial charge in [-0.05, 0) is 31.0 Å². The molecule has 7 heteroatoms. The number of hydrogen-bond donors (Lipinski definition) is 1. The lowest BCUT2D eigenvalue weighted by molar-refractivity contribution is -0.141. The van der Waals surface area contributed by atoms with Gasteiger partial charge in [0.1, 0.15) is 6.04 Å². The van der Waals surface area contributed by atoms with Crippen molar-refractivity contribution in [2.45, 2.75) is 25.3 Å². The second kappa shape index (κ2) is 7.75. The van der Waals surface area contributed by atoms with Gasteiger partial charge in [0.2, 0.25) is 11.8 Å². The van der Waals surface area contributed by atoms with E-state index in [1.54, 1.807) is 14.5 Å². The maximum Gasteiger partial charge on any atom is 0.249 e. The average molecular weight is 381 g/mol. The topological polar surface area (TPSA) is 70.5 Å². The van der Waals surface area contributed by atoms with E-state index in [0.29, 0.717) is 26.1 Å². The van der Waals surface area contributed by atoms with E-state index >= 15 is 0 Å². The summed E-state index contributed by atoms with van der Waals surface area (Å²) < 4.78 is 1.77. The molecule has 28 heavy (non-hydrogen) atoms. The molecule has 0 spiro atoms. The van der Waals surface area contributed by atoms with Crippen molar-refractivity contribution in [3.8, 4) is 0 Å². The lowest BCUT2D eigenvalue weighted by Crippen LogP contribution is -2.48. The summed E-state index contributed by atoms with van der Waals surface area (Å²) in [6, 6.07) is 9.31. The van der Waals surface area contributed by atoms with Gasteiger partial charge in [-0.1, -0.05) is 18.2 Å². The third-order valence-corrected chi connectivity index (χ3v) is 5.93. The quantitative estimate of drug-likeness (QED) is 0.849. The fourth-order valence-electron chi connectivity index (χ4n) is 4.48. The van der Waals surface area contributed by atoms with Crippen LogP contribution in [0.25, 0.3) is 0 Å². The number of rotatable bonds is 5. The molecule has 1 aromatic heterocycles. The summed E-state index contributed by atoms with van der Waals surface area (Å²) in [6.07, 6.45) is 4.49. The van der Waals surface area contributed by atoms with E-state index in [1.165, 1.54) is 0 Å². The number of benzene rings is 1. The Morgan fingerprint density at radius 3 is 2.75 bits per heavy atom. The van der Waals surface area contributed by atoms with Crippen molar-refractivity contribution in [1.82, 2.24) is 20.0 Å². The lowest BCUT2D eigenvalue weighted by Gasteiger charge is -2.31. The molecular formula is C21H27N5O2. The van der Waals surface area contributed by atoms with Crippen molar-refractivity contribution in [3.05, 3.63) is 48.3 Å². The molecule has 0 saturated carbocycles. The van der Waals surface area contributed by atoms with Gasteiger partial charge in [-0.15, -0.1) is 0 Å². The minimum absolute atomic E-state index is 0.0188. The van der Waals surface area contributed by atoms with Crippen LogP contribution in [0.5, 0.6) is 0 Å². The summed E-state index contributed by atoms with van der Waals surface area (Å²) in [5.74, 6) is 0.0135. The molecule has 148 valence electrons. The maximum absolute atomic E-state index is 13.4. The molecule has 0 bridgehead atoms. The van der Waals surface area contributed by atoms with Gasteiger partial charge in [-0.2, -0.15) is 5.10 Å². The van der Waals surface area contributed by atoms with Crippen LogP contribution >= 0.6 is 0 Å². The van der Waals surface area contributed by atoms with Crippen LogP contribution in [0, 0.1) is 5.92 Å². The summed E-state index contributed by atoms with van der Waals surface area (Å²) in [6.45, 7) is 4.53. The zero-order valence-corrected chi connectivity index (χ0v) is 16.4. The predicted molar refractivity (Wildman–Crippen MR) is 107 cm³/mol. The second-order valence-corrected chi connectivity index (χ2v) is 7.57. The van der Waals surface area contributed by atoms with E-state index in [9.17, 15) is 9.59 Å². The number of carbonyl (C=O) groups is 2. The Kier molecular flexibility index (Phi) is 5.17.